The van der Waals surface area contributed by atoms with E-state index in [2.05, 4.69) is 16.0 Å². The van der Waals surface area contributed by atoms with Gasteiger partial charge in [0.05, 0.1) is 0 Å². The Morgan fingerprint density at radius 1 is 0.952 bits per heavy atom. The maximum atomic E-state index is 11.7. The van der Waals surface area contributed by atoms with E-state index in [-0.39, 0.29) is 11.8 Å². The van der Waals surface area contributed by atoms with Crippen LogP contribution in [0.2, 0.25) is 0 Å². The lowest BCUT2D eigenvalue weighted by molar-refractivity contribution is -0.117. The number of benzene rings is 1. The monoisotopic (exact) mass is 292 g/mol. The van der Waals surface area contributed by atoms with Crippen LogP contribution in [-0.4, -0.2) is 50.9 Å². The average Bonchev–Trinajstić information content (AvgIpc) is 2.45. The van der Waals surface area contributed by atoms with Crippen LogP contribution in [0.4, 0.5) is 11.4 Å². The lowest BCUT2D eigenvalue weighted by Crippen LogP contribution is -2.21. The number of hydrogen-bond acceptors (Lipinski definition) is 4. The number of nitrogens with zero attached hydrogens (tertiary/aromatic N) is 1. The Morgan fingerprint density at radius 2 is 1.43 bits per heavy atom. The summed E-state index contributed by atoms with van der Waals surface area (Å²) < 4.78 is 0. The molecule has 1 aromatic rings. The van der Waals surface area contributed by atoms with Crippen LogP contribution in [0.3, 0.4) is 0 Å². The van der Waals surface area contributed by atoms with Crippen molar-refractivity contribution in [1.29, 1.82) is 0 Å². The van der Waals surface area contributed by atoms with Crippen LogP contribution in [0.5, 0.6) is 0 Å². The molecule has 6 nitrogen and oxygen atoms in total. The average molecular weight is 292 g/mol. The van der Waals surface area contributed by atoms with E-state index in [1.165, 1.54) is 0 Å². The minimum absolute atomic E-state index is 0.0190. The molecule has 1 aromatic carbocycles. The number of carbonyl (C=O) groups is 2. The van der Waals surface area contributed by atoms with Crippen molar-refractivity contribution in [2.45, 2.75) is 12.8 Å². The fourth-order valence-corrected chi connectivity index (χ4v) is 1.65. The first kappa shape index (κ1) is 17.1. The molecule has 0 fully saturated rings. The maximum Gasteiger partial charge on any atom is 0.225 e. The Bertz CT molecular complexity index is 457. The van der Waals surface area contributed by atoms with Crippen LogP contribution in [0.15, 0.2) is 24.3 Å². The van der Waals surface area contributed by atoms with Crippen LogP contribution in [-0.2, 0) is 9.59 Å². The minimum atomic E-state index is -0.0351. The molecule has 1 rings (SSSR count). The van der Waals surface area contributed by atoms with Crippen molar-refractivity contribution in [3.63, 3.8) is 0 Å². The van der Waals surface area contributed by atoms with Crippen LogP contribution in [0.1, 0.15) is 12.8 Å². The first-order valence-electron chi connectivity index (χ1n) is 7.00. The minimum Gasteiger partial charge on any atom is -0.326 e. The Hall–Kier alpha value is -1.92. The second-order valence-electron chi connectivity index (χ2n) is 5.08. The number of amides is 2. The van der Waals surface area contributed by atoms with Crippen molar-refractivity contribution in [2.75, 3.05) is 44.9 Å². The first-order valence-corrected chi connectivity index (χ1v) is 7.00. The van der Waals surface area contributed by atoms with E-state index in [0.717, 1.165) is 11.4 Å². The van der Waals surface area contributed by atoms with Gasteiger partial charge in [-0.25, -0.2) is 0 Å². The lowest BCUT2D eigenvalue weighted by atomic mass is 10.2. The molecule has 0 radical (unpaired) electrons. The van der Waals surface area contributed by atoms with Gasteiger partial charge in [0.2, 0.25) is 11.8 Å². The largest absolute Gasteiger partial charge is 0.326 e. The molecule has 0 aliphatic rings. The fraction of sp³-hybridized carbons (Fsp3) is 0.467. The van der Waals surface area contributed by atoms with Crippen LogP contribution in [0, 0.1) is 0 Å². The summed E-state index contributed by atoms with van der Waals surface area (Å²) in [4.78, 5) is 25.2. The summed E-state index contributed by atoms with van der Waals surface area (Å²) in [6, 6.07) is 7.11. The van der Waals surface area contributed by atoms with Crippen LogP contribution >= 0.6 is 0 Å². The summed E-state index contributed by atoms with van der Waals surface area (Å²) in [6.07, 6.45) is 0.884. The molecule has 0 heterocycles. The second kappa shape index (κ2) is 9.10. The van der Waals surface area contributed by atoms with Crippen molar-refractivity contribution in [3.05, 3.63) is 24.3 Å². The molecule has 21 heavy (non-hydrogen) atoms. The molecule has 0 aliphatic heterocycles. The molecule has 116 valence electrons. The van der Waals surface area contributed by atoms with Gasteiger partial charge in [0, 0.05) is 37.3 Å². The van der Waals surface area contributed by atoms with Crippen molar-refractivity contribution >= 4 is 23.2 Å². The standard InChI is InChI=1S/C15H24N4O2/c1-16-10-8-14(20)17-12-4-6-13(7-5-12)18-15(21)9-11-19(2)3/h4-7,16H,8-11H2,1-3H3,(H,17,20)(H,18,21). The zero-order valence-corrected chi connectivity index (χ0v) is 12.9. The molecule has 0 atom stereocenters. The summed E-state index contributed by atoms with van der Waals surface area (Å²) in [6.45, 7) is 1.36. The first-order chi connectivity index (χ1) is 10.0. The lowest BCUT2D eigenvalue weighted by Gasteiger charge is -2.10. The Labute approximate surface area is 125 Å². The van der Waals surface area contributed by atoms with E-state index in [4.69, 9.17) is 0 Å². The van der Waals surface area contributed by atoms with Gasteiger partial charge in [0.25, 0.3) is 0 Å². The SMILES string of the molecule is CNCCC(=O)Nc1ccc(NC(=O)CCN(C)C)cc1. The Morgan fingerprint density at radius 3 is 1.86 bits per heavy atom. The van der Waals surface area contributed by atoms with E-state index in [0.29, 0.717) is 25.9 Å². The van der Waals surface area contributed by atoms with Crippen molar-refractivity contribution in [1.82, 2.24) is 10.2 Å². The summed E-state index contributed by atoms with van der Waals surface area (Å²) in [5.74, 6) is -0.0541. The smallest absolute Gasteiger partial charge is 0.225 e. The number of anilines is 2. The molecule has 6 heteroatoms. The molecule has 0 saturated heterocycles. The van der Waals surface area contributed by atoms with Gasteiger partial charge >= 0.3 is 0 Å². The summed E-state index contributed by atoms with van der Waals surface area (Å²) in [5.41, 5.74) is 1.45. The molecule has 0 spiro atoms. The molecule has 3 N–H and O–H groups in total. The molecule has 0 aliphatic carbocycles. The zero-order valence-electron chi connectivity index (χ0n) is 12.9. The maximum absolute atomic E-state index is 11.7. The predicted molar refractivity (Wildman–Crippen MR) is 85.4 cm³/mol. The second-order valence-corrected chi connectivity index (χ2v) is 5.08. The quantitative estimate of drug-likeness (QED) is 0.671. The normalized spacial score (nSPS) is 10.5. The van der Waals surface area contributed by atoms with Gasteiger partial charge in [-0.05, 0) is 45.4 Å². The van der Waals surface area contributed by atoms with Gasteiger partial charge in [-0.2, -0.15) is 0 Å². The van der Waals surface area contributed by atoms with Gasteiger partial charge in [0.1, 0.15) is 0 Å². The number of rotatable bonds is 8. The van der Waals surface area contributed by atoms with E-state index >= 15 is 0 Å². The molecule has 0 bridgehead atoms. The van der Waals surface area contributed by atoms with Crippen molar-refractivity contribution in [3.8, 4) is 0 Å². The highest BCUT2D eigenvalue weighted by Crippen LogP contribution is 2.14. The van der Waals surface area contributed by atoms with Crippen LogP contribution < -0.4 is 16.0 Å². The predicted octanol–water partition coefficient (Wildman–Crippen LogP) is 1.12. The van der Waals surface area contributed by atoms with Gasteiger partial charge in [0.15, 0.2) is 0 Å². The summed E-state index contributed by atoms with van der Waals surface area (Å²) in [5, 5.41) is 8.55. The number of nitrogens with one attached hydrogen (secondary N) is 3. The van der Waals surface area contributed by atoms with E-state index in [1.807, 2.05) is 19.0 Å². The Kier molecular flexibility index (Phi) is 7.42. The summed E-state index contributed by atoms with van der Waals surface area (Å²) >= 11 is 0. The molecular formula is C15H24N4O2. The zero-order chi connectivity index (χ0) is 15.7. The third-order valence-electron chi connectivity index (χ3n) is 2.84. The number of hydrogen-bond donors (Lipinski definition) is 3. The molecule has 0 saturated carbocycles. The molecule has 0 unspecified atom stereocenters. The van der Waals surface area contributed by atoms with Gasteiger partial charge in [-0.3, -0.25) is 9.59 Å². The van der Waals surface area contributed by atoms with E-state index in [9.17, 15) is 9.59 Å². The van der Waals surface area contributed by atoms with Gasteiger partial charge < -0.3 is 20.9 Å². The van der Waals surface area contributed by atoms with E-state index in [1.54, 1.807) is 31.3 Å². The van der Waals surface area contributed by atoms with Crippen molar-refractivity contribution in [2.24, 2.45) is 0 Å². The fourth-order valence-electron chi connectivity index (χ4n) is 1.65. The third kappa shape index (κ3) is 7.43. The topological polar surface area (TPSA) is 73.5 Å². The molecule has 0 aromatic heterocycles. The highest BCUT2D eigenvalue weighted by molar-refractivity contribution is 5.93. The van der Waals surface area contributed by atoms with Crippen LogP contribution in [0.25, 0.3) is 0 Å². The number of carbonyl (C=O) groups excluding carboxylic acids is 2. The van der Waals surface area contributed by atoms with Crippen molar-refractivity contribution < 1.29 is 9.59 Å². The Balaban J connectivity index is 2.43. The van der Waals surface area contributed by atoms with E-state index < -0.39 is 0 Å². The van der Waals surface area contributed by atoms with Gasteiger partial charge in [-0.1, -0.05) is 0 Å². The molecule has 2 amide bonds. The molecular weight excluding hydrogens is 268 g/mol. The summed E-state index contributed by atoms with van der Waals surface area (Å²) in [7, 11) is 5.67. The highest BCUT2D eigenvalue weighted by Gasteiger charge is 2.04. The van der Waals surface area contributed by atoms with Gasteiger partial charge in [-0.15, -0.1) is 0 Å². The third-order valence-corrected chi connectivity index (χ3v) is 2.84. The highest BCUT2D eigenvalue weighted by atomic mass is 16.2.